The van der Waals surface area contributed by atoms with Gasteiger partial charge in [-0.2, -0.15) is 0 Å². The average molecular weight is 198 g/mol. The molecule has 0 saturated carbocycles. The van der Waals surface area contributed by atoms with E-state index in [0.717, 1.165) is 29.8 Å². The highest BCUT2D eigenvalue weighted by Gasteiger charge is 2.15. The second kappa shape index (κ2) is 3.35. The molecule has 3 rings (SSSR count). The first kappa shape index (κ1) is 8.41. The third kappa shape index (κ3) is 1.46. The smallest absolute Gasteiger partial charge is 0.236 e. The number of hydrogen-bond donors (Lipinski definition) is 0. The molecule has 0 atom stereocenters. The van der Waals surface area contributed by atoms with Crippen LogP contribution in [0.1, 0.15) is 5.56 Å². The maximum absolute atomic E-state index is 5.32. The quantitative estimate of drug-likeness (QED) is 0.703. The Morgan fingerprint density at radius 2 is 1.93 bits per heavy atom. The number of hydrogen-bond acceptors (Lipinski definition) is 3. The number of aromatic nitrogens is 2. The van der Waals surface area contributed by atoms with Crippen LogP contribution in [-0.4, -0.2) is 16.8 Å². The van der Waals surface area contributed by atoms with E-state index in [4.69, 9.17) is 4.74 Å². The standard InChI is InChI=1S/C12H10N2O/c1-2-4-9(5-3-1)11-8-10-6-7-15-12(10)14-13-11/h1-5,8H,6-7H2. The Morgan fingerprint density at radius 1 is 1.07 bits per heavy atom. The van der Waals surface area contributed by atoms with Gasteiger partial charge in [-0.1, -0.05) is 30.3 Å². The van der Waals surface area contributed by atoms with Crippen molar-refractivity contribution in [2.75, 3.05) is 6.61 Å². The Labute approximate surface area is 87.7 Å². The number of rotatable bonds is 1. The molecular weight excluding hydrogens is 188 g/mol. The van der Waals surface area contributed by atoms with Crippen molar-refractivity contribution < 1.29 is 4.74 Å². The van der Waals surface area contributed by atoms with E-state index in [2.05, 4.69) is 16.3 Å². The van der Waals surface area contributed by atoms with E-state index in [1.165, 1.54) is 0 Å². The Hall–Kier alpha value is -1.90. The molecule has 3 nitrogen and oxygen atoms in total. The first-order chi connectivity index (χ1) is 7.43. The highest BCUT2D eigenvalue weighted by molar-refractivity contribution is 5.59. The molecule has 0 N–H and O–H groups in total. The van der Waals surface area contributed by atoms with Crippen LogP contribution in [0.3, 0.4) is 0 Å². The highest BCUT2D eigenvalue weighted by atomic mass is 16.5. The van der Waals surface area contributed by atoms with Gasteiger partial charge in [-0.15, -0.1) is 10.2 Å². The van der Waals surface area contributed by atoms with Crippen molar-refractivity contribution in [3.63, 3.8) is 0 Å². The van der Waals surface area contributed by atoms with Crippen molar-refractivity contribution in [2.45, 2.75) is 6.42 Å². The Balaban J connectivity index is 2.07. The zero-order chi connectivity index (χ0) is 10.1. The van der Waals surface area contributed by atoms with Crippen molar-refractivity contribution in [1.82, 2.24) is 10.2 Å². The zero-order valence-electron chi connectivity index (χ0n) is 8.18. The van der Waals surface area contributed by atoms with Crippen LogP contribution in [-0.2, 0) is 6.42 Å². The summed E-state index contributed by atoms with van der Waals surface area (Å²) >= 11 is 0. The van der Waals surface area contributed by atoms with E-state index in [1.807, 2.05) is 30.3 Å². The summed E-state index contributed by atoms with van der Waals surface area (Å²) in [5.41, 5.74) is 3.17. The predicted molar refractivity (Wildman–Crippen MR) is 56.7 cm³/mol. The summed E-state index contributed by atoms with van der Waals surface area (Å²) in [6, 6.07) is 12.1. The van der Waals surface area contributed by atoms with Crippen LogP contribution < -0.4 is 4.74 Å². The van der Waals surface area contributed by atoms with Gasteiger partial charge in [-0.3, -0.25) is 0 Å². The normalized spacial score (nSPS) is 13.3. The molecule has 3 heteroatoms. The SMILES string of the molecule is c1ccc(-c2cc3c(nn2)OCC3)cc1. The molecule has 1 aliphatic rings. The average Bonchev–Trinajstić information content (AvgIpc) is 2.77. The summed E-state index contributed by atoms with van der Waals surface area (Å²) in [5.74, 6) is 0.690. The summed E-state index contributed by atoms with van der Waals surface area (Å²) in [6.07, 6.45) is 0.935. The predicted octanol–water partition coefficient (Wildman–Crippen LogP) is 2.08. The molecular formula is C12H10N2O. The topological polar surface area (TPSA) is 35.0 Å². The summed E-state index contributed by atoms with van der Waals surface area (Å²) in [6.45, 7) is 0.724. The Morgan fingerprint density at radius 3 is 2.80 bits per heavy atom. The third-order valence-electron chi connectivity index (χ3n) is 2.51. The molecule has 1 aliphatic heterocycles. The van der Waals surface area contributed by atoms with Crippen molar-refractivity contribution in [3.05, 3.63) is 42.0 Å². The van der Waals surface area contributed by atoms with Crippen LogP contribution in [0.5, 0.6) is 5.88 Å². The molecule has 0 spiro atoms. The Bertz CT molecular complexity index is 482. The molecule has 1 aromatic carbocycles. The summed E-state index contributed by atoms with van der Waals surface area (Å²) < 4.78 is 5.32. The third-order valence-corrected chi connectivity index (χ3v) is 2.51. The van der Waals surface area contributed by atoms with Crippen molar-refractivity contribution in [1.29, 1.82) is 0 Å². The first-order valence-electron chi connectivity index (χ1n) is 4.98. The molecule has 0 fully saturated rings. The Kier molecular flexibility index (Phi) is 1.88. The molecule has 0 saturated heterocycles. The number of ether oxygens (including phenoxy) is 1. The van der Waals surface area contributed by atoms with Crippen LogP contribution in [0.15, 0.2) is 36.4 Å². The molecule has 2 aromatic rings. The minimum Gasteiger partial charge on any atom is -0.476 e. The fourth-order valence-corrected chi connectivity index (χ4v) is 1.73. The second-order valence-electron chi connectivity index (χ2n) is 3.52. The minimum atomic E-state index is 0.690. The van der Waals surface area contributed by atoms with Crippen molar-refractivity contribution in [2.24, 2.45) is 0 Å². The van der Waals surface area contributed by atoms with E-state index in [1.54, 1.807) is 0 Å². The lowest BCUT2D eigenvalue weighted by Gasteiger charge is -2.01. The number of benzene rings is 1. The zero-order valence-corrected chi connectivity index (χ0v) is 8.18. The van der Waals surface area contributed by atoms with Crippen LogP contribution >= 0.6 is 0 Å². The molecule has 0 amide bonds. The van der Waals surface area contributed by atoms with Gasteiger partial charge in [0.25, 0.3) is 0 Å². The number of nitrogens with zero attached hydrogens (tertiary/aromatic N) is 2. The fraction of sp³-hybridized carbons (Fsp3) is 0.167. The van der Waals surface area contributed by atoms with E-state index in [-0.39, 0.29) is 0 Å². The molecule has 74 valence electrons. The largest absolute Gasteiger partial charge is 0.476 e. The van der Waals surface area contributed by atoms with Gasteiger partial charge in [-0.05, 0) is 6.07 Å². The lowest BCUT2D eigenvalue weighted by molar-refractivity contribution is 0.341. The van der Waals surface area contributed by atoms with E-state index < -0.39 is 0 Å². The van der Waals surface area contributed by atoms with Crippen molar-refractivity contribution >= 4 is 0 Å². The van der Waals surface area contributed by atoms with E-state index in [9.17, 15) is 0 Å². The second-order valence-corrected chi connectivity index (χ2v) is 3.52. The summed E-state index contributed by atoms with van der Waals surface area (Å²) in [4.78, 5) is 0. The van der Waals surface area contributed by atoms with Gasteiger partial charge in [0, 0.05) is 17.5 Å². The van der Waals surface area contributed by atoms with Gasteiger partial charge < -0.3 is 4.74 Å². The fourth-order valence-electron chi connectivity index (χ4n) is 1.73. The van der Waals surface area contributed by atoms with Crippen LogP contribution in [0.4, 0.5) is 0 Å². The number of fused-ring (bicyclic) bond motifs is 1. The van der Waals surface area contributed by atoms with Gasteiger partial charge in [-0.25, -0.2) is 0 Å². The molecule has 1 aromatic heterocycles. The lowest BCUT2D eigenvalue weighted by Crippen LogP contribution is -1.91. The van der Waals surface area contributed by atoms with E-state index in [0.29, 0.717) is 5.88 Å². The van der Waals surface area contributed by atoms with Crippen LogP contribution in [0.2, 0.25) is 0 Å². The van der Waals surface area contributed by atoms with Gasteiger partial charge in [0.15, 0.2) is 0 Å². The van der Waals surface area contributed by atoms with E-state index >= 15 is 0 Å². The van der Waals surface area contributed by atoms with Crippen LogP contribution in [0.25, 0.3) is 11.3 Å². The van der Waals surface area contributed by atoms with Gasteiger partial charge in [0.1, 0.15) is 0 Å². The molecule has 0 bridgehead atoms. The summed E-state index contributed by atoms with van der Waals surface area (Å²) in [5, 5.41) is 8.21. The summed E-state index contributed by atoms with van der Waals surface area (Å²) in [7, 11) is 0. The monoisotopic (exact) mass is 198 g/mol. The molecule has 0 radical (unpaired) electrons. The first-order valence-corrected chi connectivity index (χ1v) is 4.98. The maximum atomic E-state index is 5.32. The van der Waals surface area contributed by atoms with Gasteiger partial charge in [0.05, 0.1) is 12.3 Å². The van der Waals surface area contributed by atoms with Gasteiger partial charge in [0.2, 0.25) is 5.88 Å². The van der Waals surface area contributed by atoms with Gasteiger partial charge >= 0.3 is 0 Å². The highest BCUT2D eigenvalue weighted by Crippen LogP contribution is 2.25. The maximum Gasteiger partial charge on any atom is 0.236 e. The molecule has 15 heavy (non-hydrogen) atoms. The molecule has 2 heterocycles. The molecule has 0 aliphatic carbocycles. The lowest BCUT2D eigenvalue weighted by atomic mass is 10.1. The van der Waals surface area contributed by atoms with Crippen molar-refractivity contribution in [3.8, 4) is 17.1 Å². The minimum absolute atomic E-state index is 0.690. The molecule has 0 unspecified atom stereocenters. The van der Waals surface area contributed by atoms with Crippen LogP contribution in [0, 0.1) is 0 Å².